The second-order valence-corrected chi connectivity index (χ2v) is 6.02. The fraction of sp³-hybridized carbons (Fsp3) is 0.857. The lowest BCUT2D eigenvalue weighted by Gasteiger charge is -2.43. The van der Waals surface area contributed by atoms with Gasteiger partial charge in [-0.25, -0.2) is 0 Å². The maximum absolute atomic E-state index is 10.8. The Balaban J connectivity index is 1.98. The molecule has 0 aromatic heterocycles. The van der Waals surface area contributed by atoms with Gasteiger partial charge in [-0.05, 0) is 65.1 Å². The molecule has 1 saturated carbocycles. The zero-order valence-electron chi connectivity index (χ0n) is 11.0. The molecule has 3 atom stereocenters. The third-order valence-corrected chi connectivity index (χ3v) is 4.60. The Labute approximate surface area is 104 Å². The Kier molecular flexibility index (Phi) is 3.62. The maximum Gasteiger partial charge on any atom is 0.0998 e. The molecular weight excluding hydrogens is 214 g/mol. The molecular formula is C14H25NO2. The zero-order valence-corrected chi connectivity index (χ0v) is 11.0. The molecule has 2 N–H and O–H groups in total. The Morgan fingerprint density at radius 3 is 2.65 bits per heavy atom. The molecule has 2 aliphatic rings. The van der Waals surface area contributed by atoms with Crippen LogP contribution >= 0.6 is 0 Å². The van der Waals surface area contributed by atoms with E-state index in [4.69, 9.17) is 0 Å². The van der Waals surface area contributed by atoms with E-state index in [9.17, 15) is 10.2 Å². The van der Waals surface area contributed by atoms with Crippen molar-refractivity contribution in [3.8, 4) is 0 Å². The molecule has 2 aliphatic carbocycles. The van der Waals surface area contributed by atoms with Crippen molar-refractivity contribution in [3.63, 3.8) is 0 Å². The monoisotopic (exact) mass is 239 g/mol. The van der Waals surface area contributed by atoms with Crippen molar-refractivity contribution >= 4 is 0 Å². The number of hydrogen-bond donors (Lipinski definition) is 2. The van der Waals surface area contributed by atoms with Crippen LogP contribution in [0.4, 0.5) is 0 Å². The molecule has 3 heteroatoms. The molecule has 17 heavy (non-hydrogen) atoms. The van der Waals surface area contributed by atoms with Gasteiger partial charge in [0.15, 0.2) is 0 Å². The third kappa shape index (κ3) is 2.28. The van der Waals surface area contributed by atoms with Crippen LogP contribution in [-0.2, 0) is 0 Å². The fourth-order valence-electron chi connectivity index (χ4n) is 3.46. The summed E-state index contributed by atoms with van der Waals surface area (Å²) in [5.74, 6) is 0.261. The normalized spacial score (nSPS) is 40.9. The van der Waals surface area contributed by atoms with Crippen LogP contribution in [0.1, 0.15) is 38.5 Å². The van der Waals surface area contributed by atoms with Gasteiger partial charge in [0.2, 0.25) is 0 Å². The first-order chi connectivity index (χ1) is 7.98. The van der Waals surface area contributed by atoms with Crippen molar-refractivity contribution in [3.05, 3.63) is 12.2 Å². The zero-order chi connectivity index (χ0) is 12.5. The predicted octanol–water partition coefficient (Wildman–Crippen LogP) is 1.55. The van der Waals surface area contributed by atoms with Gasteiger partial charge in [0.05, 0.1) is 11.2 Å². The van der Waals surface area contributed by atoms with Crippen LogP contribution in [0.3, 0.4) is 0 Å². The number of aliphatic hydroxyl groups is 2. The van der Waals surface area contributed by atoms with Crippen molar-refractivity contribution in [2.75, 3.05) is 20.6 Å². The van der Waals surface area contributed by atoms with Gasteiger partial charge in [0.25, 0.3) is 0 Å². The minimum Gasteiger partial charge on any atom is -0.387 e. The highest BCUT2D eigenvalue weighted by Gasteiger charge is 2.57. The summed E-state index contributed by atoms with van der Waals surface area (Å²) < 4.78 is 0. The molecule has 0 aliphatic heterocycles. The smallest absolute Gasteiger partial charge is 0.0998 e. The van der Waals surface area contributed by atoms with E-state index >= 15 is 0 Å². The molecule has 98 valence electrons. The highest BCUT2D eigenvalue weighted by Crippen LogP contribution is 2.51. The van der Waals surface area contributed by atoms with Gasteiger partial charge >= 0.3 is 0 Å². The lowest BCUT2D eigenvalue weighted by molar-refractivity contribution is -0.152. The molecule has 0 amide bonds. The van der Waals surface area contributed by atoms with Crippen LogP contribution < -0.4 is 0 Å². The standard InChI is InChI=1S/C14H25NO2/c1-15(2)11-5-6-12-7-10-13(16)8-3-4-9-14(12,13)17/h3-4,12,16-17H,5-11H2,1-2H3. The lowest BCUT2D eigenvalue weighted by Crippen LogP contribution is -2.54. The quantitative estimate of drug-likeness (QED) is 0.732. The first-order valence-electron chi connectivity index (χ1n) is 6.72. The molecule has 0 bridgehead atoms. The molecule has 0 aromatic rings. The number of hydrogen-bond acceptors (Lipinski definition) is 3. The second-order valence-electron chi connectivity index (χ2n) is 6.02. The van der Waals surface area contributed by atoms with Gasteiger partial charge in [-0.15, -0.1) is 0 Å². The number of fused-ring (bicyclic) bond motifs is 1. The molecule has 0 heterocycles. The molecule has 0 spiro atoms. The van der Waals surface area contributed by atoms with Crippen LogP contribution in [0.2, 0.25) is 0 Å². The van der Waals surface area contributed by atoms with Crippen LogP contribution in [-0.4, -0.2) is 47.0 Å². The third-order valence-electron chi connectivity index (χ3n) is 4.60. The number of rotatable bonds is 4. The van der Waals surface area contributed by atoms with Crippen LogP contribution in [0.5, 0.6) is 0 Å². The second kappa shape index (κ2) is 4.71. The average molecular weight is 239 g/mol. The Morgan fingerprint density at radius 2 is 1.94 bits per heavy atom. The van der Waals surface area contributed by atoms with Crippen molar-refractivity contribution < 1.29 is 10.2 Å². The van der Waals surface area contributed by atoms with Crippen LogP contribution in [0, 0.1) is 5.92 Å². The molecule has 0 radical (unpaired) electrons. The van der Waals surface area contributed by atoms with Crippen molar-refractivity contribution in [2.24, 2.45) is 5.92 Å². The first-order valence-corrected chi connectivity index (χ1v) is 6.72. The molecule has 2 rings (SSSR count). The summed E-state index contributed by atoms with van der Waals surface area (Å²) >= 11 is 0. The SMILES string of the molecule is CN(C)CCCC1CCC2(O)CC=CCC12O. The van der Waals surface area contributed by atoms with E-state index in [1.807, 2.05) is 12.2 Å². The van der Waals surface area contributed by atoms with Crippen LogP contribution in [0.15, 0.2) is 12.2 Å². The highest BCUT2D eigenvalue weighted by atomic mass is 16.4. The van der Waals surface area contributed by atoms with Crippen molar-refractivity contribution in [1.29, 1.82) is 0 Å². The predicted molar refractivity (Wildman–Crippen MR) is 68.8 cm³/mol. The van der Waals surface area contributed by atoms with E-state index in [-0.39, 0.29) is 5.92 Å². The van der Waals surface area contributed by atoms with E-state index < -0.39 is 11.2 Å². The lowest BCUT2D eigenvalue weighted by atomic mass is 9.72. The van der Waals surface area contributed by atoms with Gasteiger partial charge in [0, 0.05) is 0 Å². The maximum atomic E-state index is 10.8. The minimum absolute atomic E-state index is 0.261. The molecule has 0 saturated heterocycles. The number of nitrogens with zero attached hydrogens (tertiary/aromatic N) is 1. The highest BCUT2D eigenvalue weighted by molar-refractivity contribution is 5.18. The van der Waals surface area contributed by atoms with Gasteiger partial charge in [-0.3, -0.25) is 0 Å². The van der Waals surface area contributed by atoms with Gasteiger partial charge in [-0.2, -0.15) is 0 Å². The van der Waals surface area contributed by atoms with Gasteiger partial charge in [-0.1, -0.05) is 12.2 Å². The summed E-state index contributed by atoms with van der Waals surface area (Å²) in [6.07, 6.45) is 9.10. The largest absolute Gasteiger partial charge is 0.387 e. The average Bonchev–Trinajstić information content (AvgIpc) is 2.52. The van der Waals surface area contributed by atoms with E-state index in [1.165, 1.54) is 0 Å². The van der Waals surface area contributed by atoms with E-state index in [0.29, 0.717) is 12.8 Å². The summed E-state index contributed by atoms with van der Waals surface area (Å²) in [4.78, 5) is 2.17. The summed E-state index contributed by atoms with van der Waals surface area (Å²) in [6, 6.07) is 0. The fourth-order valence-corrected chi connectivity index (χ4v) is 3.46. The summed E-state index contributed by atoms with van der Waals surface area (Å²) in [5, 5.41) is 21.3. The Hall–Kier alpha value is -0.380. The molecule has 0 aromatic carbocycles. The summed E-state index contributed by atoms with van der Waals surface area (Å²) in [7, 11) is 4.14. The van der Waals surface area contributed by atoms with Crippen LogP contribution in [0.25, 0.3) is 0 Å². The molecule has 1 fully saturated rings. The minimum atomic E-state index is -0.867. The molecule has 3 nitrogen and oxygen atoms in total. The van der Waals surface area contributed by atoms with Crippen molar-refractivity contribution in [2.45, 2.75) is 49.7 Å². The van der Waals surface area contributed by atoms with Gasteiger partial charge < -0.3 is 15.1 Å². The Bertz CT molecular complexity index is 303. The van der Waals surface area contributed by atoms with E-state index in [2.05, 4.69) is 19.0 Å². The molecule has 3 unspecified atom stereocenters. The van der Waals surface area contributed by atoms with Gasteiger partial charge in [0.1, 0.15) is 0 Å². The first kappa shape index (κ1) is 13.1. The Morgan fingerprint density at radius 1 is 1.24 bits per heavy atom. The van der Waals surface area contributed by atoms with Crippen molar-refractivity contribution in [1.82, 2.24) is 4.90 Å². The summed E-state index contributed by atoms with van der Waals surface area (Å²) in [6.45, 7) is 1.06. The van der Waals surface area contributed by atoms with E-state index in [0.717, 1.165) is 32.2 Å². The topological polar surface area (TPSA) is 43.7 Å². The summed E-state index contributed by atoms with van der Waals surface area (Å²) in [5.41, 5.74) is -1.72. The van der Waals surface area contributed by atoms with E-state index in [1.54, 1.807) is 0 Å².